The molecule has 2 rings (SSSR count). The van der Waals surface area contributed by atoms with Crippen LogP contribution in [0.4, 0.5) is 0 Å². The number of carbonyl (C=O) groups excluding carboxylic acids is 9. The Morgan fingerprint density at radius 2 is 0.857 bits per heavy atom. The quantitative estimate of drug-likeness (QED) is 0.0118. The Hall–Kier alpha value is -6.20. The van der Waals surface area contributed by atoms with E-state index in [0.717, 1.165) is 87.2 Å². The molecule has 2 aromatic rings. The molecular weight excluding hydrogens is 985 g/mol. The van der Waals surface area contributed by atoms with Gasteiger partial charge in [-0.25, -0.2) is 23.7 Å². The molecule has 0 aliphatic carbocycles. The number of rotatable bonds is 24. The van der Waals surface area contributed by atoms with Crippen LogP contribution in [0.25, 0.3) is 20.9 Å². The van der Waals surface area contributed by atoms with Crippen molar-refractivity contribution >= 4 is 69.6 Å². The van der Waals surface area contributed by atoms with E-state index in [-0.39, 0.29) is 29.8 Å². The molecule has 0 aliphatic heterocycles. The summed E-state index contributed by atoms with van der Waals surface area (Å²) in [5.41, 5.74) is 18.5. The standard InChI is InChI=1S/C22H40N6O5Si2.C10H24N6OSi2.C5H6O2.3CO2/c1-17-19(21(29)31-3)23-25-27(17)13-9-11-15-34(5,6)33-35(7,8)16-12-10-14-28-18(2)20(24-26-28)22(30)32-4;1-18(2,9-5-7-13-15-11)17-19(3,4)10-6-8-14-16-12;1-3-4-5(6)7-2;3*2-1-3/h9-16H2,1-8H3;5-10H2,1-4H3;1-2H3;;;. The van der Waals surface area contributed by atoms with Crippen LogP contribution < -0.4 is 0 Å². The monoisotopic (exact) mass is 1050 g/mol. The van der Waals surface area contributed by atoms with Gasteiger partial charge in [0.25, 0.3) is 0 Å². The molecule has 0 atom stereocenters. The molecule has 390 valence electrons. The number of unbranched alkanes of at least 4 members (excludes halogenated alkanes) is 2. The molecule has 0 spiro atoms. The predicted molar refractivity (Wildman–Crippen MR) is 260 cm³/mol. The maximum Gasteiger partial charge on any atom is 0.384 e. The van der Waals surface area contributed by atoms with E-state index >= 15 is 0 Å². The second-order valence-corrected chi connectivity index (χ2v) is 34.6. The molecule has 0 saturated heterocycles. The highest BCUT2D eigenvalue weighted by molar-refractivity contribution is 6.85. The third-order valence-electron chi connectivity index (χ3n) is 9.24. The maximum atomic E-state index is 11.7. The predicted octanol–water partition coefficient (Wildman–Crippen LogP) is 6.99. The fourth-order valence-corrected chi connectivity index (χ4v) is 24.3. The molecule has 0 fully saturated rings. The van der Waals surface area contributed by atoms with E-state index in [4.69, 9.17) is 57.5 Å². The largest absolute Gasteiger partial charge is 0.464 e. The van der Waals surface area contributed by atoms with E-state index in [1.807, 2.05) is 13.8 Å². The minimum absolute atomic E-state index is 0.250. The second-order valence-electron chi connectivity index (χ2n) is 16.9. The lowest BCUT2D eigenvalue weighted by atomic mass is 10.3. The van der Waals surface area contributed by atoms with Crippen molar-refractivity contribution in [2.45, 2.75) is 149 Å². The van der Waals surface area contributed by atoms with Crippen LogP contribution in [0.15, 0.2) is 10.2 Å². The molecule has 30 heteroatoms. The lowest BCUT2D eigenvalue weighted by Crippen LogP contribution is -2.44. The van der Waals surface area contributed by atoms with Crippen LogP contribution in [-0.4, -0.2) is 134 Å². The van der Waals surface area contributed by atoms with Gasteiger partial charge in [-0.05, 0) is 134 Å². The number of aromatic nitrogens is 6. The molecule has 0 saturated carbocycles. The van der Waals surface area contributed by atoms with Crippen LogP contribution in [0.5, 0.6) is 0 Å². The number of ether oxygens (including phenoxy) is 3. The van der Waals surface area contributed by atoms with Gasteiger partial charge in [0.15, 0.2) is 44.7 Å². The van der Waals surface area contributed by atoms with Crippen LogP contribution in [0.2, 0.25) is 76.6 Å². The van der Waals surface area contributed by atoms with Gasteiger partial charge < -0.3 is 22.4 Å². The first-order valence-corrected chi connectivity index (χ1v) is 34.1. The van der Waals surface area contributed by atoms with Gasteiger partial charge in [0, 0.05) is 41.9 Å². The number of aryl methyl sites for hydroxylation is 2. The van der Waals surface area contributed by atoms with Gasteiger partial charge in [0.2, 0.25) is 0 Å². The smallest absolute Gasteiger partial charge is 0.384 e. The average Bonchev–Trinajstić information content (AvgIpc) is 3.84. The topological polar surface area (TPSA) is 359 Å². The summed E-state index contributed by atoms with van der Waals surface area (Å²) in [5, 5.41) is 23.1. The van der Waals surface area contributed by atoms with Gasteiger partial charge in [0.1, 0.15) is 0 Å². The number of hydrogen-bond donors (Lipinski definition) is 0. The highest BCUT2D eigenvalue weighted by Gasteiger charge is 2.33. The summed E-state index contributed by atoms with van der Waals surface area (Å²) in [5.74, 6) is 3.19. The maximum absolute atomic E-state index is 11.7. The van der Waals surface area contributed by atoms with Crippen molar-refractivity contribution in [2.24, 2.45) is 10.2 Å². The van der Waals surface area contributed by atoms with E-state index < -0.39 is 51.2 Å². The molecule has 70 heavy (non-hydrogen) atoms. The summed E-state index contributed by atoms with van der Waals surface area (Å²) in [7, 11) is -2.96. The first-order chi connectivity index (χ1) is 32.8. The Bertz CT molecular complexity index is 1990. The molecule has 0 unspecified atom stereocenters. The number of hydrogen-bond acceptors (Lipinski definition) is 20. The van der Waals surface area contributed by atoms with E-state index in [1.165, 1.54) is 21.3 Å². The number of esters is 3. The lowest BCUT2D eigenvalue weighted by Gasteiger charge is -2.34. The van der Waals surface area contributed by atoms with Crippen molar-refractivity contribution in [1.82, 2.24) is 30.0 Å². The summed E-state index contributed by atoms with van der Waals surface area (Å²) in [4.78, 5) is 87.7. The molecule has 2 heterocycles. The minimum atomic E-state index is -1.79. The van der Waals surface area contributed by atoms with Gasteiger partial charge in [-0.3, -0.25) is 0 Å². The van der Waals surface area contributed by atoms with E-state index in [2.05, 4.69) is 110 Å². The summed E-state index contributed by atoms with van der Waals surface area (Å²) in [6, 6.07) is 4.18. The van der Waals surface area contributed by atoms with Crippen LogP contribution in [0, 0.1) is 25.7 Å². The number of azide groups is 2. The summed E-state index contributed by atoms with van der Waals surface area (Å²) >= 11 is 0. The highest BCUT2D eigenvalue weighted by Crippen LogP contribution is 2.26. The van der Waals surface area contributed by atoms with Crippen LogP contribution in [-0.2, 0) is 69.1 Å². The zero-order chi connectivity index (χ0) is 54.8. The third kappa shape index (κ3) is 36.8. The minimum Gasteiger partial charge on any atom is -0.464 e. The molecular formula is C40H70N12O14Si4. The number of carbonyl (C=O) groups is 3. The zero-order valence-electron chi connectivity index (χ0n) is 43.0. The fraction of sp³-hybridized carbons (Fsp3) is 0.700. The van der Waals surface area contributed by atoms with Crippen molar-refractivity contribution in [1.29, 1.82) is 0 Å². The summed E-state index contributed by atoms with van der Waals surface area (Å²) in [6.07, 6.45) is 6.54. The Labute approximate surface area is 413 Å². The van der Waals surface area contributed by atoms with E-state index in [0.29, 0.717) is 13.1 Å². The lowest BCUT2D eigenvalue weighted by molar-refractivity contribution is -0.193. The molecule has 26 nitrogen and oxygen atoms in total. The van der Waals surface area contributed by atoms with Crippen molar-refractivity contribution in [3.63, 3.8) is 0 Å². The number of methoxy groups -OCH3 is 3. The molecule has 2 aromatic heterocycles. The first-order valence-electron chi connectivity index (χ1n) is 21.7. The highest BCUT2D eigenvalue weighted by atomic mass is 28.4. The van der Waals surface area contributed by atoms with Gasteiger partial charge in [-0.1, -0.05) is 39.4 Å². The molecule has 0 aliphatic rings. The SMILES string of the molecule is CC#CC(=O)OC.COC(=O)c1nnn(CCCC[Si](C)(C)O[Si](C)(C)CCCCn2nnc(C(=O)OC)c2C)c1C.C[Si](C)(CCCN=[N+]=[N-])O[Si](C)(C)CCCN=[N+]=[N-].O=C=O.O=C=O.O=C=O. The van der Waals surface area contributed by atoms with Crippen LogP contribution in [0.1, 0.15) is 77.8 Å². The van der Waals surface area contributed by atoms with E-state index in [1.54, 1.807) is 16.3 Å². The fourth-order valence-electron chi connectivity index (χ4n) is 6.43. The Morgan fingerprint density at radius 1 is 0.557 bits per heavy atom. The third-order valence-corrected chi connectivity index (χ3v) is 24.3. The van der Waals surface area contributed by atoms with Crippen LogP contribution in [0.3, 0.4) is 0 Å². The number of nitrogens with zero attached hydrogens (tertiary/aromatic N) is 12. The van der Waals surface area contributed by atoms with Crippen molar-refractivity contribution in [3.05, 3.63) is 43.7 Å². The Morgan fingerprint density at radius 3 is 1.10 bits per heavy atom. The Balaban J connectivity index is -0.000000517. The van der Waals surface area contributed by atoms with Crippen LogP contribution >= 0.6 is 0 Å². The van der Waals surface area contributed by atoms with Gasteiger partial charge in [0.05, 0.1) is 32.7 Å². The molecule has 0 bridgehead atoms. The van der Waals surface area contributed by atoms with Crippen molar-refractivity contribution in [2.75, 3.05) is 34.4 Å². The van der Waals surface area contributed by atoms with E-state index in [9.17, 15) is 14.4 Å². The summed E-state index contributed by atoms with van der Waals surface area (Å²) < 4.78 is 30.3. The van der Waals surface area contributed by atoms with Gasteiger partial charge in [-0.2, -0.15) is 28.8 Å². The Kier molecular flexibility index (Phi) is 40.9. The van der Waals surface area contributed by atoms with Gasteiger partial charge >= 0.3 is 36.4 Å². The zero-order valence-corrected chi connectivity index (χ0v) is 47.0. The normalized spacial score (nSPS) is 10.1. The second kappa shape index (κ2) is 40.7. The average molecular weight is 1060 g/mol. The molecule has 0 N–H and O–H groups in total. The van der Waals surface area contributed by atoms with Gasteiger partial charge in [-0.15, -0.1) is 10.2 Å². The van der Waals surface area contributed by atoms with Crippen molar-refractivity contribution in [3.8, 4) is 11.8 Å². The summed E-state index contributed by atoms with van der Waals surface area (Å²) in [6.45, 7) is 25.8. The van der Waals surface area contributed by atoms with Crippen molar-refractivity contribution < 1.29 is 65.6 Å². The first kappa shape index (κ1) is 70.4. The molecule has 0 amide bonds. The molecule has 0 radical (unpaired) electrons. The molecule has 0 aromatic carbocycles.